The molecule has 0 aliphatic carbocycles. The van der Waals surface area contributed by atoms with E-state index in [9.17, 15) is 4.79 Å². The molecule has 0 bridgehead atoms. The molecule has 1 aromatic rings. The number of carbonyl (C=O) groups is 1. The molecule has 1 aliphatic rings. The summed E-state index contributed by atoms with van der Waals surface area (Å²) in [6.07, 6.45) is 0. The molecule has 1 aliphatic heterocycles. The number of rotatable bonds is 8. The lowest BCUT2D eigenvalue weighted by molar-refractivity contribution is -0.0165. The summed E-state index contributed by atoms with van der Waals surface area (Å²) in [6, 6.07) is 0.664. The number of aliphatic imine (C=N–C) groups is 1. The van der Waals surface area contributed by atoms with E-state index in [0.717, 1.165) is 37.3 Å². The first-order chi connectivity index (χ1) is 13.9. The van der Waals surface area contributed by atoms with Crippen molar-refractivity contribution in [3.8, 4) is 0 Å². The predicted molar refractivity (Wildman–Crippen MR) is 132 cm³/mol. The zero-order valence-corrected chi connectivity index (χ0v) is 22.0. The number of hydrogen-bond donors (Lipinski definition) is 2. The van der Waals surface area contributed by atoms with Crippen LogP contribution in [0.15, 0.2) is 4.99 Å². The normalized spacial score (nSPS) is 19.5. The minimum atomic E-state index is -0.310. The number of esters is 1. The molecule has 30 heavy (non-hydrogen) atoms. The number of halogens is 1. The molecule has 0 saturated carbocycles. The van der Waals surface area contributed by atoms with Crippen molar-refractivity contribution in [1.29, 1.82) is 0 Å². The van der Waals surface area contributed by atoms with Gasteiger partial charge in [0.05, 0.1) is 38.1 Å². The molecule has 0 spiro atoms. The molecule has 10 heteroatoms. The van der Waals surface area contributed by atoms with Crippen LogP contribution in [0.1, 0.15) is 61.0 Å². The van der Waals surface area contributed by atoms with E-state index >= 15 is 0 Å². The number of guanidine groups is 1. The van der Waals surface area contributed by atoms with Gasteiger partial charge in [0.2, 0.25) is 0 Å². The van der Waals surface area contributed by atoms with E-state index in [1.807, 2.05) is 20.8 Å². The molecule has 1 saturated heterocycles. The van der Waals surface area contributed by atoms with Crippen molar-refractivity contribution in [3.05, 3.63) is 15.6 Å². The lowest BCUT2D eigenvalue weighted by Gasteiger charge is -2.37. The first-order valence-corrected chi connectivity index (χ1v) is 11.2. The summed E-state index contributed by atoms with van der Waals surface area (Å²) in [6.45, 7) is 16.4. The highest BCUT2D eigenvalue weighted by Gasteiger charge is 2.24. The molecule has 3 unspecified atom stereocenters. The van der Waals surface area contributed by atoms with Crippen LogP contribution in [-0.4, -0.2) is 73.4 Å². The summed E-state index contributed by atoms with van der Waals surface area (Å²) < 4.78 is 10.6. The van der Waals surface area contributed by atoms with Gasteiger partial charge in [0.15, 0.2) is 5.96 Å². The average Bonchev–Trinajstić information content (AvgIpc) is 3.08. The van der Waals surface area contributed by atoms with E-state index in [0.29, 0.717) is 35.8 Å². The van der Waals surface area contributed by atoms with Crippen molar-refractivity contribution in [1.82, 2.24) is 20.5 Å². The summed E-state index contributed by atoms with van der Waals surface area (Å²) in [4.78, 5) is 24.4. The standard InChI is InChI=1S/C20H35N5O3S.HI/c1-7-21-20(22-11-13(3)25-9-10-27-12-14(25)4)24-16(6)18-23-15(5)17(29-18)19(26)28-8-2;/h13-14,16H,7-12H2,1-6H3,(H2,21,22,24);1H. The van der Waals surface area contributed by atoms with Crippen LogP contribution in [-0.2, 0) is 9.47 Å². The second kappa shape index (κ2) is 13.4. The fraction of sp³-hybridized carbons (Fsp3) is 0.750. The maximum atomic E-state index is 12.1. The van der Waals surface area contributed by atoms with Crippen LogP contribution >= 0.6 is 35.3 Å². The molecule has 0 amide bonds. The zero-order valence-electron chi connectivity index (χ0n) is 18.9. The van der Waals surface area contributed by atoms with Gasteiger partial charge in [-0.05, 0) is 41.5 Å². The number of nitrogens with one attached hydrogen (secondary N) is 2. The van der Waals surface area contributed by atoms with Gasteiger partial charge in [0.25, 0.3) is 0 Å². The Hall–Kier alpha value is -0.980. The van der Waals surface area contributed by atoms with Crippen LogP contribution in [0.25, 0.3) is 0 Å². The summed E-state index contributed by atoms with van der Waals surface area (Å²) in [5.41, 5.74) is 0.703. The van der Waals surface area contributed by atoms with E-state index in [2.05, 4.69) is 34.4 Å². The number of hydrogen-bond acceptors (Lipinski definition) is 7. The minimum Gasteiger partial charge on any atom is -0.462 e. The van der Waals surface area contributed by atoms with Crippen molar-refractivity contribution in [2.45, 2.75) is 59.7 Å². The van der Waals surface area contributed by atoms with Crippen LogP contribution in [0.3, 0.4) is 0 Å². The van der Waals surface area contributed by atoms with Crippen molar-refractivity contribution in [2.75, 3.05) is 39.5 Å². The number of morpholine rings is 1. The van der Waals surface area contributed by atoms with Gasteiger partial charge in [0, 0.05) is 25.2 Å². The highest BCUT2D eigenvalue weighted by Crippen LogP contribution is 2.24. The molecule has 8 nitrogen and oxygen atoms in total. The maximum absolute atomic E-state index is 12.1. The highest BCUT2D eigenvalue weighted by atomic mass is 127. The first kappa shape index (κ1) is 27.1. The van der Waals surface area contributed by atoms with Gasteiger partial charge in [-0.2, -0.15) is 0 Å². The molecule has 1 fully saturated rings. The fourth-order valence-corrected chi connectivity index (χ4v) is 4.26. The van der Waals surface area contributed by atoms with Crippen LogP contribution < -0.4 is 10.6 Å². The van der Waals surface area contributed by atoms with Crippen LogP contribution in [0, 0.1) is 6.92 Å². The predicted octanol–water partition coefficient (Wildman–Crippen LogP) is 2.97. The molecule has 2 heterocycles. The second-order valence-electron chi connectivity index (χ2n) is 7.28. The van der Waals surface area contributed by atoms with Crippen molar-refractivity contribution in [3.63, 3.8) is 0 Å². The van der Waals surface area contributed by atoms with Gasteiger partial charge in [-0.1, -0.05) is 0 Å². The summed E-state index contributed by atoms with van der Waals surface area (Å²) in [7, 11) is 0. The molecular weight excluding hydrogens is 517 g/mol. The topological polar surface area (TPSA) is 88.1 Å². The number of aryl methyl sites for hydroxylation is 1. The summed E-state index contributed by atoms with van der Waals surface area (Å²) in [5, 5.41) is 7.54. The monoisotopic (exact) mass is 553 g/mol. The van der Waals surface area contributed by atoms with E-state index in [-0.39, 0.29) is 36.0 Å². The van der Waals surface area contributed by atoms with Crippen LogP contribution in [0.5, 0.6) is 0 Å². The van der Waals surface area contributed by atoms with Gasteiger partial charge in [-0.15, -0.1) is 35.3 Å². The minimum absolute atomic E-state index is 0. The molecule has 2 N–H and O–H groups in total. The summed E-state index contributed by atoms with van der Waals surface area (Å²) >= 11 is 1.37. The third kappa shape index (κ3) is 7.61. The third-order valence-electron chi connectivity index (χ3n) is 4.84. The van der Waals surface area contributed by atoms with E-state index < -0.39 is 0 Å². The quantitative estimate of drug-likeness (QED) is 0.222. The van der Waals surface area contributed by atoms with Crippen molar-refractivity contribution >= 4 is 47.2 Å². The smallest absolute Gasteiger partial charge is 0.350 e. The van der Waals surface area contributed by atoms with Gasteiger partial charge in [-0.25, -0.2) is 9.78 Å². The molecule has 0 aromatic carbocycles. The van der Waals surface area contributed by atoms with Crippen LogP contribution in [0.2, 0.25) is 0 Å². The van der Waals surface area contributed by atoms with Gasteiger partial charge in [0.1, 0.15) is 9.88 Å². The SMILES string of the molecule is CCNC(=NCC(C)N1CCOCC1C)NC(C)c1nc(C)c(C(=O)OCC)s1.I. The fourth-order valence-electron chi connectivity index (χ4n) is 3.30. The molecular formula is C20H36IN5O3S. The Labute approximate surface area is 201 Å². The Kier molecular flexibility index (Phi) is 12.1. The number of carbonyl (C=O) groups excluding carboxylic acids is 1. The largest absolute Gasteiger partial charge is 0.462 e. The first-order valence-electron chi connectivity index (χ1n) is 10.4. The molecule has 2 rings (SSSR count). The maximum Gasteiger partial charge on any atom is 0.350 e. The highest BCUT2D eigenvalue weighted by molar-refractivity contribution is 14.0. The number of ether oxygens (including phenoxy) is 2. The average molecular weight is 554 g/mol. The Morgan fingerprint density at radius 1 is 1.43 bits per heavy atom. The lowest BCUT2D eigenvalue weighted by atomic mass is 10.2. The van der Waals surface area contributed by atoms with E-state index in [1.54, 1.807) is 6.92 Å². The third-order valence-corrected chi connectivity index (χ3v) is 6.16. The van der Waals surface area contributed by atoms with Crippen molar-refractivity contribution in [2.24, 2.45) is 4.99 Å². The van der Waals surface area contributed by atoms with Crippen molar-refractivity contribution < 1.29 is 14.3 Å². The van der Waals surface area contributed by atoms with Crippen LogP contribution in [0.4, 0.5) is 0 Å². The number of nitrogens with zero attached hydrogens (tertiary/aromatic N) is 3. The number of thiazole rings is 1. The lowest BCUT2D eigenvalue weighted by Crippen LogP contribution is -2.49. The van der Waals surface area contributed by atoms with Gasteiger partial charge < -0.3 is 20.1 Å². The number of aromatic nitrogens is 1. The molecule has 3 atom stereocenters. The Morgan fingerprint density at radius 2 is 2.17 bits per heavy atom. The Bertz CT molecular complexity index is 700. The molecule has 172 valence electrons. The Morgan fingerprint density at radius 3 is 2.80 bits per heavy atom. The van der Waals surface area contributed by atoms with E-state index in [4.69, 9.17) is 14.5 Å². The molecule has 1 aromatic heterocycles. The van der Waals surface area contributed by atoms with E-state index in [1.165, 1.54) is 11.3 Å². The Balaban J connectivity index is 0.00000450. The summed E-state index contributed by atoms with van der Waals surface area (Å²) in [5.74, 6) is 0.438. The van der Waals surface area contributed by atoms with Gasteiger partial charge in [-0.3, -0.25) is 9.89 Å². The zero-order chi connectivity index (χ0) is 21.4. The second-order valence-corrected chi connectivity index (χ2v) is 8.31. The van der Waals surface area contributed by atoms with Gasteiger partial charge >= 0.3 is 5.97 Å². The molecule has 0 radical (unpaired) electrons.